The first-order chi connectivity index (χ1) is 16.5. The highest BCUT2D eigenvalue weighted by molar-refractivity contribution is 5.90. The molecule has 2 N–H and O–H groups in total. The highest BCUT2D eigenvalue weighted by Crippen LogP contribution is 2.39. The molecule has 0 unspecified atom stereocenters. The number of aromatic nitrogens is 2. The van der Waals surface area contributed by atoms with Crippen LogP contribution in [0.4, 0.5) is 11.8 Å². The van der Waals surface area contributed by atoms with Crippen molar-refractivity contribution in [3.05, 3.63) is 42.0 Å². The zero-order valence-corrected chi connectivity index (χ0v) is 20.7. The molecule has 0 saturated heterocycles. The van der Waals surface area contributed by atoms with Crippen LogP contribution in [0.2, 0.25) is 0 Å². The van der Waals surface area contributed by atoms with E-state index in [1.807, 2.05) is 49.3 Å². The van der Waals surface area contributed by atoms with Gasteiger partial charge in [0.2, 0.25) is 11.7 Å². The van der Waals surface area contributed by atoms with Gasteiger partial charge < -0.3 is 29.7 Å². The van der Waals surface area contributed by atoms with Crippen molar-refractivity contribution < 1.29 is 14.2 Å². The summed E-state index contributed by atoms with van der Waals surface area (Å²) in [5, 5.41) is 8.34. The van der Waals surface area contributed by atoms with E-state index in [2.05, 4.69) is 16.7 Å². The first-order valence-corrected chi connectivity index (χ1v) is 11.8. The summed E-state index contributed by atoms with van der Waals surface area (Å²) in [6, 6.07) is 12.9. The molecule has 1 saturated carbocycles. The van der Waals surface area contributed by atoms with E-state index in [4.69, 9.17) is 24.2 Å². The molecular weight excluding hydrogens is 442 g/mol. The van der Waals surface area contributed by atoms with Gasteiger partial charge in [0.1, 0.15) is 5.82 Å². The number of methoxy groups -OCH3 is 3. The second-order valence-electron chi connectivity index (χ2n) is 8.85. The van der Waals surface area contributed by atoms with Crippen LogP contribution in [0, 0.1) is 0 Å². The topological polar surface area (TPSA) is 80.8 Å². The number of nitrogens with zero attached hydrogens (tertiary/aromatic N) is 3. The average molecular weight is 482 g/mol. The number of ether oxygens (including phenoxy) is 3. The minimum atomic E-state index is 0. The number of fused-ring (bicyclic) bond motifs is 1. The fourth-order valence-corrected chi connectivity index (χ4v) is 4.65. The number of para-hydroxylation sites is 1. The van der Waals surface area contributed by atoms with E-state index >= 15 is 0 Å². The van der Waals surface area contributed by atoms with Gasteiger partial charge in [-0.15, -0.1) is 0 Å². The van der Waals surface area contributed by atoms with Gasteiger partial charge in [0.05, 0.1) is 26.8 Å². The smallest absolute Gasteiger partial charge is 0.225 e. The molecule has 0 spiro atoms. The molecule has 0 bridgehead atoms. The van der Waals surface area contributed by atoms with Crippen LogP contribution in [0.5, 0.6) is 17.2 Å². The molecule has 35 heavy (non-hydrogen) atoms. The molecule has 3 aromatic rings. The van der Waals surface area contributed by atoms with Gasteiger partial charge in [0.15, 0.2) is 11.5 Å². The fourth-order valence-electron chi connectivity index (χ4n) is 4.65. The molecule has 1 aromatic heterocycles. The Balaban J connectivity index is 0.00000342. The third-order valence-electron chi connectivity index (χ3n) is 6.43. The third kappa shape index (κ3) is 5.88. The molecule has 0 aliphatic heterocycles. The molecule has 0 atom stereocenters. The predicted octanol–water partition coefficient (Wildman–Crippen LogP) is 4.87. The Morgan fingerprint density at radius 3 is 2.20 bits per heavy atom. The summed E-state index contributed by atoms with van der Waals surface area (Å²) in [6.45, 7) is 0.715. The van der Waals surface area contributed by atoms with Crippen molar-refractivity contribution in [2.45, 2.75) is 51.7 Å². The molecule has 8 heteroatoms. The molecule has 1 heterocycles. The highest BCUT2D eigenvalue weighted by atomic mass is 16.5. The first kappa shape index (κ1) is 26.3. The molecule has 190 valence electrons. The summed E-state index contributed by atoms with van der Waals surface area (Å²) in [6.07, 6.45) is 4.30. The largest absolute Gasteiger partial charge is 0.493 e. The Morgan fingerprint density at radius 1 is 0.857 bits per heavy atom. The van der Waals surface area contributed by atoms with E-state index in [9.17, 15) is 0 Å². The summed E-state index contributed by atoms with van der Waals surface area (Å²) in [7, 11) is 8.96. The predicted molar refractivity (Wildman–Crippen MR) is 143 cm³/mol. The summed E-state index contributed by atoms with van der Waals surface area (Å²) in [4.78, 5) is 11.6. The molecular formula is C27H39N5O3. The number of hydrogen-bond acceptors (Lipinski definition) is 8. The Labute approximate surface area is 209 Å². The first-order valence-electron chi connectivity index (χ1n) is 11.8. The minimum absolute atomic E-state index is 0. The summed E-state index contributed by atoms with van der Waals surface area (Å²) < 4.78 is 16.5. The van der Waals surface area contributed by atoms with Crippen LogP contribution in [0.25, 0.3) is 10.9 Å². The van der Waals surface area contributed by atoms with Crippen molar-refractivity contribution in [2.24, 2.45) is 0 Å². The Morgan fingerprint density at radius 2 is 1.54 bits per heavy atom. The lowest BCUT2D eigenvalue weighted by Crippen LogP contribution is -2.37. The van der Waals surface area contributed by atoms with Gasteiger partial charge in [-0.3, -0.25) is 0 Å². The van der Waals surface area contributed by atoms with Crippen molar-refractivity contribution >= 4 is 22.7 Å². The summed E-state index contributed by atoms with van der Waals surface area (Å²) in [5.41, 5.74) is 2.02. The van der Waals surface area contributed by atoms with E-state index < -0.39 is 0 Å². The summed E-state index contributed by atoms with van der Waals surface area (Å²) in [5.74, 6) is 3.66. The SMILES string of the molecule is C.COc1ccc(CNC2CCC(Nc3nc(N(C)C)c4ccccc4n3)CC2)c(OC)c1OC. The van der Waals surface area contributed by atoms with Crippen LogP contribution >= 0.6 is 0 Å². The normalized spacial score (nSPS) is 17.4. The van der Waals surface area contributed by atoms with Crippen molar-refractivity contribution in [3.63, 3.8) is 0 Å². The van der Waals surface area contributed by atoms with Crippen molar-refractivity contribution in [1.82, 2.24) is 15.3 Å². The third-order valence-corrected chi connectivity index (χ3v) is 6.43. The van der Waals surface area contributed by atoms with Crippen molar-refractivity contribution in [2.75, 3.05) is 45.6 Å². The molecule has 1 aliphatic carbocycles. The summed E-state index contributed by atoms with van der Waals surface area (Å²) >= 11 is 0. The van der Waals surface area contributed by atoms with Gasteiger partial charge in [-0.25, -0.2) is 4.98 Å². The van der Waals surface area contributed by atoms with Crippen molar-refractivity contribution in [1.29, 1.82) is 0 Å². The van der Waals surface area contributed by atoms with Crippen LogP contribution < -0.4 is 29.7 Å². The van der Waals surface area contributed by atoms with Gasteiger partial charge in [-0.2, -0.15) is 4.98 Å². The Hall–Kier alpha value is -3.26. The second-order valence-corrected chi connectivity index (χ2v) is 8.85. The average Bonchev–Trinajstić information content (AvgIpc) is 2.87. The lowest BCUT2D eigenvalue weighted by atomic mass is 9.91. The number of anilines is 2. The van der Waals surface area contributed by atoms with E-state index in [0.717, 1.165) is 53.7 Å². The molecule has 0 amide bonds. The quantitative estimate of drug-likeness (QED) is 0.448. The number of rotatable bonds is 9. The van der Waals surface area contributed by atoms with Gasteiger partial charge in [-0.05, 0) is 43.9 Å². The Bertz CT molecular complexity index is 1110. The van der Waals surface area contributed by atoms with Gasteiger partial charge in [0.25, 0.3) is 0 Å². The molecule has 0 radical (unpaired) electrons. The molecule has 4 rings (SSSR count). The van der Waals surface area contributed by atoms with Crippen LogP contribution in [0.1, 0.15) is 38.7 Å². The maximum Gasteiger partial charge on any atom is 0.225 e. The minimum Gasteiger partial charge on any atom is -0.493 e. The van der Waals surface area contributed by atoms with Gasteiger partial charge >= 0.3 is 0 Å². The van der Waals surface area contributed by atoms with E-state index in [1.54, 1.807) is 21.3 Å². The molecule has 8 nitrogen and oxygen atoms in total. The maximum atomic E-state index is 5.62. The zero-order chi connectivity index (χ0) is 24.1. The maximum absolute atomic E-state index is 5.62. The monoisotopic (exact) mass is 481 g/mol. The second kappa shape index (κ2) is 11.9. The lowest BCUT2D eigenvalue weighted by Gasteiger charge is -2.30. The van der Waals surface area contributed by atoms with Crippen LogP contribution in [0.3, 0.4) is 0 Å². The number of benzene rings is 2. The standard InChI is InChI=1S/C26H35N5O3.CH4/c1-31(2)25-20-8-6-7-9-21(20)29-26(30-25)28-19-13-11-18(12-14-19)27-16-17-10-15-22(32-3)24(34-5)23(17)33-4;/h6-10,15,18-19,27H,11-14,16H2,1-5H3,(H,28,29,30);1H4. The molecule has 2 aromatic carbocycles. The van der Waals surface area contributed by atoms with Crippen LogP contribution in [0.15, 0.2) is 36.4 Å². The molecule has 1 aliphatic rings. The van der Waals surface area contributed by atoms with E-state index in [-0.39, 0.29) is 7.43 Å². The van der Waals surface area contributed by atoms with Gasteiger partial charge in [0, 0.05) is 43.7 Å². The Kier molecular flexibility index (Phi) is 8.98. The zero-order valence-electron chi connectivity index (χ0n) is 20.7. The van der Waals surface area contributed by atoms with E-state index in [0.29, 0.717) is 36.1 Å². The van der Waals surface area contributed by atoms with Gasteiger partial charge in [-0.1, -0.05) is 25.6 Å². The van der Waals surface area contributed by atoms with Crippen LogP contribution in [-0.2, 0) is 6.54 Å². The molecule has 1 fully saturated rings. The van der Waals surface area contributed by atoms with Crippen molar-refractivity contribution in [3.8, 4) is 17.2 Å². The fraction of sp³-hybridized carbons (Fsp3) is 0.481. The number of nitrogens with one attached hydrogen (secondary N) is 2. The number of hydrogen-bond donors (Lipinski definition) is 2. The lowest BCUT2D eigenvalue weighted by molar-refractivity contribution is 0.318. The van der Waals surface area contributed by atoms with E-state index in [1.165, 1.54) is 0 Å². The highest BCUT2D eigenvalue weighted by Gasteiger charge is 2.23. The van der Waals surface area contributed by atoms with Crippen LogP contribution in [-0.4, -0.2) is 57.5 Å².